The van der Waals surface area contributed by atoms with Crippen molar-refractivity contribution < 1.29 is 4.74 Å². The summed E-state index contributed by atoms with van der Waals surface area (Å²) in [5.41, 5.74) is 2.38. The standard InChI is InChI=1S/C18H32N2O/c1-5-7-8-9-10-21-18-12-16(11-17(6-2)20-18)14-19-13-15(3)4/h11-12,15,19H,5-10,13-14H2,1-4H3. The summed E-state index contributed by atoms with van der Waals surface area (Å²) >= 11 is 0. The van der Waals surface area contributed by atoms with Gasteiger partial charge in [0.25, 0.3) is 0 Å². The average Bonchev–Trinajstić information content (AvgIpc) is 2.46. The van der Waals surface area contributed by atoms with Crippen molar-refractivity contribution >= 4 is 0 Å². The highest BCUT2D eigenvalue weighted by molar-refractivity contribution is 5.25. The molecule has 1 rings (SSSR count). The minimum atomic E-state index is 0.673. The lowest BCUT2D eigenvalue weighted by molar-refractivity contribution is 0.292. The second-order valence-electron chi connectivity index (χ2n) is 6.09. The van der Waals surface area contributed by atoms with Crippen LogP contribution in [0, 0.1) is 5.92 Å². The Labute approximate surface area is 130 Å². The molecule has 21 heavy (non-hydrogen) atoms. The first-order valence-corrected chi connectivity index (χ1v) is 8.49. The van der Waals surface area contributed by atoms with Gasteiger partial charge in [0.15, 0.2) is 0 Å². The quantitative estimate of drug-likeness (QED) is 0.616. The van der Waals surface area contributed by atoms with Crippen LogP contribution in [0.2, 0.25) is 0 Å². The van der Waals surface area contributed by atoms with Crippen LogP contribution in [0.3, 0.4) is 0 Å². The van der Waals surface area contributed by atoms with E-state index < -0.39 is 0 Å². The molecule has 3 heteroatoms. The number of ether oxygens (including phenoxy) is 1. The molecule has 0 atom stereocenters. The van der Waals surface area contributed by atoms with Gasteiger partial charge < -0.3 is 10.1 Å². The largest absolute Gasteiger partial charge is 0.478 e. The summed E-state index contributed by atoms with van der Waals surface area (Å²) in [5, 5.41) is 3.48. The Hall–Kier alpha value is -1.09. The first kappa shape index (κ1) is 18.0. The van der Waals surface area contributed by atoms with Crippen LogP contribution >= 0.6 is 0 Å². The Balaban J connectivity index is 2.50. The molecule has 0 radical (unpaired) electrons. The number of hydrogen-bond acceptors (Lipinski definition) is 3. The molecule has 1 N–H and O–H groups in total. The number of nitrogens with one attached hydrogen (secondary N) is 1. The zero-order valence-corrected chi connectivity index (χ0v) is 14.2. The van der Waals surface area contributed by atoms with E-state index in [1.807, 2.05) is 0 Å². The van der Waals surface area contributed by atoms with Crippen molar-refractivity contribution in [1.29, 1.82) is 0 Å². The number of rotatable bonds is 11. The summed E-state index contributed by atoms with van der Waals surface area (Å²) in [7, 11) is 0. The molecule has 0 spiro atoms. The van der Waals surface area contributed by atoms with Gasteiger partial charge in [-0.3, -0.25) is 0 Å². The van der Waals surface area contributed by atoms with Crippen molar-refractivity contribution in [2.75, 3.05) is 13.2 Å². The van der Waals surface area contributed by atoms with Crippen LogP contribution in [0.5, 0.6) is 5.88 Å². The van der Waals surface area contributed by atoms with Gasteiger partial charge in [-0.15, -0.1) is 0 Å². The van der Waals surface area contributed by atoms with Gasteiger partial charge in [-0.2, -0.15) is 0 Å². The number of aryl methyl sites for hydroxylation is 1. The highest BCUT2D eigenvalue weighted by Crippen LogP contribution is 2.14. The molecule has 1 aromatic rings. The molecule has 0 saturated carbocycles. The van der Waals surface area contributed by atoms with Crippen LogP contribution < -0.4 is 10.1 Å². The summed E-state index contributed by atoms with van der Waals surface area (Å²) in [4.78, 5) is 4.56. The Bertz CT molecular complexity index is 391. The van der Waals surface area contributed by atoms with E-state index in [9.17, 15) is 0 Å². The van der Waals surface area contributed by atoms with Crippen LogP contribution in [0.15, 0.2) is 12.1 Å². The molecule has 0 fully saturated rings. The van der Waals surface area contributed by atoms with E-state index in [0.29, 0.717) is 5.92 Å². The lowest BCUT2D eigenvalue weighted by atomic mass is 10.2. The van der Waals surface area contributed by atoms with Crippen molar-refractivity contribution in [3.8, 4) is 5.88 Å². The van der Waals surface area contributed by atoms with Gasteiger partial charge in [0.1, 0.15) is 0 Å². The molecule has 3 nitrogen and oxygen atoms in total. The van der Waals surface area contributed by atoms with E-state index in [-0.39, 0.29) is 0 Å². The fraction of sp³-hybridized carbons (Fsp3) is 0.722. The summed E-state index contributed by atoms with van der Waals surface area (Å²) < 4.78 is 5.82. The minimum Gasteiger partial charge on any atom is -0.478 e. The van der Waals surface area contributed by atoms with E-state index in [2.05, 4.69) is 50.1 Å². The van der Waals surface area contributed by atoms with Gasteiger partial charge in [0.2, 0.25) is 5.88 Å². The van der Waals surface area contributed by atoms with Gasteiger partial charge in [0, 0.05) is 18.3 Å². The molecule has 0 aliphatic rings. The van der Waals surface area contributed by atoms with Crippen molar-refractivity contribution in [3.05, 3.63) is 23.4 Å². The second kappa shape index (κ2) is 10.6. The third kappa shape index (κ3) is 8.05. The first-order valence-electron chi connectivity index (χ1n) is 8.49. The van der Waals surface area contributed by atoms with E-state index in [0.717, 1.165) is 44.1 Å². The maximum atomic E-state index is 5.82. The fourth-order valence-corrected chi connectivity index (χ4v) is 2.19. The zero-order chi connectivity index (χ0) is 15.5. The molecule has 120 valence electrons. The molecular formula is C18H32N2O. The molecule has 0 aliphatic carbocycles. The smallest absolute Gasteiger partial charge is 0.213 e. The number of hydrogen-bond donors (Lipinski definition) is 1. The van der Waals surface area contributed by atoms with Gasteiger partial charge in [-0.05, 0) is 36.9 Å². The van der Waals surface area contributed by atoms with E-state index >= 15 is 0 Å². The maximum absolute atomic E-state index is 5.82. The number of unbranched alkanes of at least 4 members (excludes halogenated alkanes) is 3. The Morgan fingerprint density at radius 1 is 1.14 bits per heavy atom. The fourth-order valence-electron chi connectivity index (χ4n) is 2.19. The zero-order valence-electron chi connectivity index (χ0n) is 14.2. The lowest BCUT2D eigenvalue weighted by Crippen LogP contribution is -2.19. The van der Waals surface area contributed by atoms with Crippen LogP contribution in [0.4, 0.5) is 0 Å². The van der Waals surface area contributed by atoms with E-state index in [1.54, 1.807) is 0 Å². The van der Waals surface area contributed by atoms with Crippen LogP contribution in [0.1, 0.15) is 64.6 Å². The lowest BCUT2D eigenvalue weighted by Gasteiger charge is -2.11. The SMILES string of the molecule is CCCCCCOc1cc(CNCC(C)C)cc(CC)n1. The second-order valence-corrected chi connectivity index (χ2v) is 6.09. The summed E-state index contributed by atoms with van der Waals surface area (Å²) in [6.07, 6.45) is 5.86. The Morgan fingerprint density at radius 2 is 1.95 bits per heavy atom. The molecule has 1 heterocycles. The topological polar surface area (TPSA) is 34.1 Å². The Morgan fingerprint density at radius 3 is 2.62 bits per heavy atom. The third-order valence-corrected chi connectivity index (χ3v) is 3.41. The molecule has 0 amide bonds. The predicted molar refractivity (Wildman–Crippen MR) is 89.8 cm³/mol. The highest BCUT2D eigenvalue weighted by atomic mass is 16.5. The van der Waals surface area contributed by atoms with Gasteiger partial charge >= 0.3 is 0 Å². The summed E-state index contributed by atoms with van der Waals surface area (Å²) in [6, 6.07) is 4.25. The first-order chi connectivity index (χ1) is 10.2. The van der Waals surface area contributed by atoms with Gasteiger partial charge in [0.05, 0.1) is 6.61 Å². The third-order valence-electron chi connectivity index (χ3n) is 3.41. The number of pyridine rings is 1. The normalized spacial score (nSPS) is 11.1. The molecule has 1 aromatic heterocycles. The van der Waals surface area contributed by atoms with E-state index in [4.69, 9.17) is 4.74 Å². The van der Waals surface area contributed by atoms with Gasteiger partial charge in [-0.25, -0.2) is 4.98 Å². The predicted octanol–water partition coefficient (Wildman–Crippen LogP) is 4.35. The highest BCUT2D eigenvalue weighted by Gasteiger charge is 2.04. The van der Waals surface area contributed by atoms with Crippen molar-refractivity contribution in [2.45, 2.75) is 66.3 Å². The molecule has 0 aliphatic heterocycles. The van der Waals surface area contributed by atoms with E-state index in [1.165, 1.54) is 24.8 Å². The van der Waals surface area contributed by atoms with Crippen LogP contribution in [0.25, 0.3) is 0 Å². The van der Waals surface area contributed by atoms with Crippen molar-refractivity contribution in [3.63, 3.8) is 0 Å². The average molecular weight is 292 g/mol. The van der Waals surface area contributed by atoms with Crippen molar-refractivity contribution in [2.24, 2.45) is 5.92 Å². The molecule has 0 unspecified atom stereocenters. The van der Waals surface area contributed by atoms with Crippen LogP contribution in [-0.2, 0) is 13.0 Å². The molecule has 0 saturated heterocycles. The summed E-state index contributed by atoms with van der Waals surface area (Å²) in [5.74, 6) is 1.46. The summed E-state index contributed by atoms with van der Waals surface area (Å²) in [6.45, 7) is 11.5. The molecular weight excluding hydrogens is 260 g/mol. The van der Waals surface area contributed by atoms with Gasteiger partial charge in [-0.1, -0.05) is 47.0 Å². The molecule has 0 bridgehead atoms. The number of nitrogens with zero attached hydrogens (tertiary/aromatic N) is 1. The monoisotopic (exact) mass is 292 g/mol. The van der Waals surface area contributed by atoms with Crippen molar-refractivity contribution in [1.82, 2.24) is 10.3 Å². The Kier molecular flexibility index (Phi) is 9.07. The van der Waals surface area contributed by atoms with Crippen LogP contribution in [-0.4, -0.2) is 18.1 Å². The number of aromatic nitrogens is 1. The minimum absolute atomic E-state index is 0.673. The molecule has 0 aromatic carbocycles. The maximum Gasteiger partial charge on any atom is 0.213 e.